The lowest BCUT2D eigenvalue weighted by Gasteiger charge is -2.13. The molecule has 5 aromatic heterocycles. The van der Waals surface area contributed by atoms with Crippen molar-refractivity contribution in [2.24, 2.45) is 0 Å². The van der Waals surface area contributed by atoms with Crippen molar-refractivity contribution in [3.63, 3.8) is 0 Å². The van der Waals surface area contributed by atoms with E-state index in [9.17, 15) is 5.26 Å². The van der Waals surface area contributed by atoms with Crippen LogP contribution in [0.1, 0.15) is 22.4 Å². The first-order valence-corrected chi connectivity index (χ1v) is 10.8. The Kier molecular flexibility index (Phi) is 5.63. The summed E-state index contributed by atoms with van der Waals surface area (Å²) in [6.07, 6.45) is 10.6. The van der Waals surface area contributed by atoms with E-state index in [1.54, 1.807) is 24.8 Å². The summed E-state index contributed by atoms with van der Waals surface area (Å²) < 4.78 is 0. The molecule has 5 rings (SSSR count). The molecular weight excluding hydrogens is 422 g/mol. The van der Waals surface area contributed by atoms with Gasteiger partial charge in [-0.1, -0.05) is 0 Å². The van der Waals surface area contributed by atoms with Crippen LogP contribution in [0.2, 0.25) is 0 Å². The van der Waals surface area contributed by atoms with Crippen LogP contribution in [0.15, 0.2) is 73.6 Å². The van der Waals surface area contributed by atoms with Gasteiger partial charge >= 0.3 is 0 Å². The van der Waals surface area contributed by atoms with Gasteiger partial charge in [0.25, 0.3) is 0 Å². The van der Waals surface area contributed by atoms with Crippen molar-refractivity contribution in [1.82, 2.24) is 24.9 Å². The fourth-order valence-electron chi connectivity index (χ4n) is 3.94. The molecule has 0 fully saturated rings. The van der Waals surface area contributed by atoms with Gasteiger partial charge in [-0.2, -0.15) is 5.26 Å². The molecule has 0 aliphatic rings. The van der Waals surface area contributed by atoms with Gasteiger partial charge in [-0.25, -0.2) is 4.98 Å². The summed E-state index contributed by atoms with van der Waals surface area (Å²) in [5, 5.41) is 15.2. The van der Waals surface area contributed by atoms with Gasteiger partial charge in [-0.15, -0.1) is 0 Å². The second kappa shape index (κ2) is 9.04. The first kappa shape index (κ1) is 21.2. The molecule has 0 unspecified atom stereocenters. The standard InChI is InChI=1S/C27H21N7/c1-17-11-21(6-9-30-17)25-12-20-5-10-31-27(24(20)16-32-25)34-15-22-14-33-26(23(13-28)18(22)2)19-3-7-29-8-4-19/h3-12,14,16H,15H2,1-2H3,(H,31,34). The fraction of sp³-hybridized carbons (Fsp3) is 0.111. The number of aryl methyl sites for hydroxylation is 1. The molecule has 164 valence electrons. The van der Waals surface area contributed by atoms with Gasteiger partial charge in [0.2, 0.25) is 0 Å². The Balaban J connectivity index is 1.44. The molecular formula is C27H21N7. The Bertz CT molecular complexity index is 1540. The molecule has 0 aliphatic heterocycles. The van der Waals surface area contributed by atoms with Crippen LogP contribution >= 0.6 is 0 Å². The minimum absolute atomic E-state index is 0.488. The van der Waals surface area contributed by atoms with Crippen molar-refractivity contribution < 1.29 is 0 Å². The number of nitriles is 1. The summed E-state index contributed by atoms with van der Waals surface area (Å²) in [5.41, 5.74) is 6.80. The lowest BCUT2D eigenvalue weighted by molar-refractivity contribution is 1.06. The van der Waals surface area contributed by atoms with E-state index in [1.165, 1.54) is 0 Å². The van der Waals surface area contributed by atoms with Gasteiger partial charge in [0, 0.05) is 65.9 Å². The van der Waals surface area contributed by atoms with Crippen molar-refractivity contribution in [2.75, 3.05) is 5.32 Å². The topological polar surface area (TPSA) is 100 Å². The minimum atomic E-state index is 0.488. The molecule has 1 N–H and O–H groups in total. The number of nitrogens with one attached hydrogen (secondary N) is 1. The Labute approximate surface area is 197 Å². The first-order chi connectivity index (χ1) is 16.6. The number of anilines is 1. The largest absolute Gasteiger partial charge is 0.365 e. The molecule has 0 amide bonds. The van der Waals surface area contributed by atoms with Crippen molar-refractivity contribution >= 4 is 16.6 Å². The molecule has 0 spiro atoms. The van der Waals surface area contributed by atoms with Gasteiger partial charge in [0.15, 0.2) is 0 Å². The summed E-state index contributed by atoms with van der Waals surface area (Å²) in [5.74, 6) is 0.735. The SMILES string of the molecule is Cc1cc(-c2cc3ccnc(NCc4cnc(-c5ccncc5)c(C#N)c4C)c3cn2)ccn1. The van der Waals surface area contributed by atoms with E-state index in [4.69, 9.17) is 0 Å². The molecule has 7 nitrogen and oxygen atoms in total. The monoisotopic (exact) mass is 443 g/mol. The van der Waals surface area contributed by atoms with E-state index in [1.807, 2.05) is 56.6 Å². The summed E-state index contributed by atoms with van der Waals surface area (Å²) >= 11 is 0. The van der Waals surface area contributed by atoms with Gasteiger partial charge in [-0.05, 0) is 66.8 Å². The molecule has 0 atom stereocenters. The van der Waals surface area contributed by atoms with Crippen LogP contribution in [0.3, 0.4) is 0 Å². The zero-order chi connectivity index (χ0) is 23.5. The second-order valence-corrected chi connectivity index (χ2v) is 7.97. The van der Waals surface area contributed by atoms with Crippen LogP contribution in [-0.4, -0.2) is 24.9 Å². The van der Waals surface area contributed by atoms with Crippen LogP contribution in [0.25, 0.3) is 33.3 Å². The molecule has 0 aliphatic carbocycles. The van der Waals surface area contributed by atoms with E-state index < -0.39 is 0 Å². The van der Waals surface area contributed by atoms with Crippen LogP contribution in [-0.2, 0) is 6.54 Å². The lowest BCUT2D eigenvalue weighted by atomic mass is 9.99. The second-order valence-electron chi connectivity index (χ2n) is 7.97. The first-order valence-electron chi connectivity index (χ1n) is 10.8. The number of nitrogens with zero attached hydrogens (tertiary/aromatic N) is 6. The Morgan fingerprint density at radius 1 is 0.853 bits per heavy atom. The predicted octanol–water partition coefficient (Wildman–Crippen LogP) is 5.25. The Morgan fingerprint density at radius 2 is 1.65 bits per heavy atom. The summed E-state index contributed by atoms with van der Waals surface area (Å²) in [6.45, 7) is 4.40. The molecule has 0 bridgehead atoms. The van der Waals surface area contributed by atoms with Crippen LogP contribution in [0, 0.1) is 25.2 Å². The maximum atomic E-state index is 9.80. The molecule has 5 heterocycles. The smallest absolute Gasteiger partial charge is 0.135 e. The maximum absolute atomic E-state index is 9.80. The Morgan fingerprint density at radius 3 is 2.44 bits per heavy atom. The number of aromatic nitrogens is 5. The van der Waals surface area contributed by atoms with Gasteiger partial charge in [0.1, 0.15) is 11.9 Å². The highest BCUT2D eigenvalue weighted by molar-refractivity contribution is 5.93. The van der Waals surface area contributed by atoms with Crippen molar-refractivity contribution in [1.29, 1.82) is 5.26 Å². The summed E-state index contributed by atoms with van der Waals surface area (Å²) in [7, 11) is 0. The summed E-state index contributed by atoms with van der Waals surface area (Å²) in [6, 6.07) is 14.0. The number of pyridine rings is 5. The highest BCUT2D eigenvalue weighted by Crippen LogP contribution is 2.28. The molecule has 7 heteroatoms. The van der Waals surface area contributed by atoms with E-state index >= 15 is 0 Å². The molecule has 0 aromatic carbocycles. The van der Waals surface area contributed by atoms with Crippen LogP contribution in [0.4, 0.5) is 5.82 Å². The van der Waals surface area contributed by atoms with E-state index in [-0.39, 0.29) is 0 Å². The van der Waals surface area contributed by atoms with Crippen molar-refractivity contribution in [3.8, 4) is 28.6 Å². The van der Waals surface area contributed by atoms with Gasteiger partial charge < -0.3 is 5.32 Å². The highest BCUT2D eigenvalue weighted by Gasteiger charge is 2.14. The zero-order valence-corrected chi connectivity index (χ0v) is 18.8. The molecule has 0 radical (unpaired) electrons. The number of hydrogen-bond acceptors (Lipinski definition) is 7. The Hall–Kier alpha value is -4.70. The average Bonchev–Trinajstić information content (AvgIpc) is 2.88. The molecule has 0 saturated carbocycles. The number of hydrogen-bond donors (Lipinski definition) is 1. The van der Waals surface area contributed by atoms with Crippen LogP contribution < -0.4 is 5.32 Å². The fourth-order valence-corrected chi connectivity index (χ4v) is 3.94. The van der Waals surface area contributed by atoms with E-state index in [0.717, 1.165) is 50.2 Å². The normalized spacial score (nSPS) is 10.7. The average molecular weight is 444 g/mol. The van der Waals surface area contributed by atoms with Gasteiger partial charge in [0.05, 0.1) is 17.0 Å². The van der Waals surface area contributed by atoms with Crippen molar-refractivity contribution in [3.05, 3.63) is 96.0 Å². The lowest BCUT2D eigenvalue weighted by Crippen LogP contribution is -2.06. The highest BCUT2D eigenvalue weighted by atomic mass is 15.0. The van der Waals surface area contributed by atoms with E-state index in [2.05, 4.69) is 42.4 Å². The zero-order valence-electron chi connectivity index (χ0n) is 18.8. The third kappa shape index (κ3) is 4.05. The maximum Gasteiger partial charge on any atom is 0.135 e. The van der Waals surface area contributed by atoms with Crippen LogP contribution in [0.5, 0.6) is 0 Å². The third-order valence-electron chi connectivity index (χ3n) is 5.80. The quantitative estimate of drug-likeness (QED) is 0.396. The molecule has 34 heavy (non-hydrogen) atoms. The number of rotatable bonds is 5. The molecule has 5 aromatic rings. The van der Waals surface area contributed by atoms with Gasteiger partial charge in [-0.3, -0.25) is 19.9 Å². The molecule has 0 saturated heterocycles. The number of fused-ring (bicyclic) bond motifs is 1. The predicted molar refractivity (Wildman–Crippen MR) is 132 cm³/mol. The summed E-state index contributed by atoms with van der Waals surface area (Å²) in [4.78, 5) is 22.1. The third-order valence-corrected chi connectivity index (χ3v) is 5.80. The van der Waals surface area contributed by atoms with E-state index in [0.29, 0.717) is 17.8 Å². The van der Waals surface area contributed by atoms with Crippen molar-refractivity contribution in [2.45, 2.75) is 20.4 Å². The minimum Gasteiger partial charge on any atom is -0.365 e.